The highest BCUT2D eigenvalue weighted by Crippen LogP contribution is 2.28. The molecule has 0 aliphatic rings. The van der Waals surface area contributed by atoms with E-state index >= 15 is 0 Å². The molecule has 1 atom stereocenters. The van der Waals surface area contributed by atoms with Gasteiger partial charge in [-0.05, 0) is 12.1 Å². The zero-order valence-corrected chi connectivity index (χ0v) is 9.78. The van der Waals surface area contributed by atoms with Gasteiger partial charge in [-0.25, -0.2) is 8.78 Å². The van der Waals surface area contributed by atoms with Crippen LogP contribution in [0.2, 0.25) is 0 Å². The smallest absolute Gasteiger partial charge is 0.153 e. The second-order valence-electron chi connectivity index (χ2n) is 4.05. The van der Waals surface area contributed by atoms with Gasteiger partial charge in [-0.3, -0.25) is 9.78 Å². The normalized spacial score (nSPS) is 12.7. The highest BCUT2D eigenvalue weighted by molar-refractivity contribution is 5.89. The van der Waals surface area contributed by atoms with Crippen molar-refractivity contribution in [1.29, 1.82) is 0 Å². The lowest BCUT2D eigenvalue weighted by molar-refractivity contribution is -0.118. The lowest BCUT2D eigenvalue weighted by Crippen LogP contribution is -2.21. The molecule has 1 aromatic carbocycles. The quantitative estimate of drug-likeness (QED) is 0.908. The number of halogens is 2. The van der Waals surface area contributed by atoms with Gasteiger partial charge >= 0.3 is 0 Å². The van der Waals surface area contributed by atoms with E-state index in [0.29, 0.717) is 0 Å². The standard InChI is InChI=1S/C13H12F2N2O/c1-7(11(18)6-16)12-9(14)5-10-8(13(12)15)3-2-4-17-10/h2-5,7H,6,16H2,1H3. The number of hydrogen-bond acceptors (Lipinski definition) is 3. The Morgan fingerprint density at radius 1 is 1.50 bits per heavy atom. The topological polar surface area (TPSA) is 56.0 Å². The van der Waals surface area contributed by atoms with Crippen molar-refractivity contribution in [1.82, 2.24) is 4.98 Å². The molecular formula is C13H12F2N2O. The number of pyridine rings is 1. The van der Waals surface area contributed by atoms with Gasteiger partial charge in [0.15, 0.2) is 5.78 Å². The third-order valence-corrected chi connectivity index (χ3v) is 2.95. The predicted octanol–water partition coefficient (Wildman–Crippen LogP) is 2.14. The van der Waals surface area contributed by atoms with Gasteiger partial charge in [0.05, 0.1) is 12.1 Å². The summed E-state index contributed by atoms with van der Waals surface area (Å²) in [5.41, 5.74) is 5.20. The summed E-state index contributed by atoms with van der Waals surface area (Å²) in [6.45, 7) is 1.20. The molecule has 0 fully saturated rings. The molecule has 2 aromatic rings. The van der Waals surface area contributed by atoms with Gasteiger partial charge in [0.1, 0.15) is 11.6 Å². The Morgan fingerprint density at radius 3 is 2.89 bits per heavy atom. The maximum absolute atomic E-state index is 14.2. The van der Waals surface area contributed by atoms with Crippen LogP contribution < -0.4 is 5.73 Å². The predicted molar refractivity (Wildman–Crippen MR) is 64.1 cm³/mol. The fourth-order valence-corrected chi connectivity index (χ4v) is 1.90. The van der Waals surface area contributed by atoms with Crippen LogP contribution in [0.25, 0.3) is 10.9 Å². The van der Waals surface area contributed by atoms with Gasteiger partial charge in [-0.15, -0.1) is 0 Å². The summed E-state index contributed by atoms with van der Waals surface area (Å²) in [6.07, 6.45) is 1.45. The largest absolute Gasteiger partial charge is 0.324 e. The number of hydrogen-bond donors (Lipinski definition) is 1. The first-order valence-electron chi connectivity index (χ1n) is 5.51. The molecule has 0 saturated heterocycles. The van der Waals surface area contributed by atoms with Gasteiger partial charge < -0.3 is 5.73 Å². The molecule has 0 aliphatic heterocycles. The van der Waals surface area contributed by atoms with E-state index in [1.54, 1.807) is 6.07 Å². The van der Waals surface area contributed by atoms with Crippen LogP contribution in [-0.2, 0) is 4.79 Å². The summed E-state index contributed by atoms with van der Waals surface area (Å²) in [5, 5.41) is 0.200. The zero-order valence-electron chi connectivity index (χ0n) is 9.78. The molecule has 1 aromatic heterocycles. The van der Waals surface area contributed by atoms with E-state index in [1.165, 1.54) is 19.2 Å². The SMILES string of the molecule is CC(C(=O)CN)c1c(F)cc2ncccc2c1F. The molecule has 5 heteroatoms. The van der Waals surface area contributed by atoms with Crippen molar-refractivity contribution < 1.29 is 13.6 Å². The van der Waals surface area contributed by atoms with Crippen LogP contribution in [0.5, 0.6) is 0 Å². The molecule has 2 N–H and O–H groups in total. The third-order valence-electron chi connectivity index (χ3n) is 2.95. The van der Waals surface area contributed by atoms with Gasteiger partial charge in [0.2, 0.25) is 0 Å². The van der Waals surface area contributed by atoms with Crippen LogP contribution in [0, 0.1) is 11.6 Å². The Labute approximate surface area is 103 Å². The van der Waals surface area contributed by atoms with E-state index in [0.717, 1.165) is 6.07 Å². The Kier molecular flexibility index (Phi) is 3.34. The van der Waals surface area contributed by atoms with Crippen molar-refractivity contribution in [3.8, 4) is 0 Å². The molecule has 18 heavy (non-hydrogen) atoms. The number of fused-ring (bicyclic) bond motifs is 1. The van der Waals surface area contributed by atoms with E-state index in [-0.39, 0.29) is 23.0 Å². The van der Waals surface area contributed by atoms with Crippen LogP contribution in [-0.4, -0.2) is 17.3 Å². The second-order valence-corrected chi connectivity index (χ2v) is 4.05. The molecule has 0 radical (unpaired) electrons. The average Bonchev–Trinajstić information content (AvgIpc) is 2.37. The Hall–Kier alpha value is -1.88. The average molecular weight is 250 g/mol. The van der Waals surface area contributed by atoms with E-state index in [1.807, 2.05) is 0 Å². The first-order valence-corrected chi connectivity index (χ1v) is 5.51. The molecule has 1 unspecified atom stereocenters. The van der Waals surface area contributed by atoms with E-state index in [9.17, 15) is 13.6 Å². The van der Waals surface area contributed by atoms with Gasteiger partial charge in [0.25, 0.3) is 0 Å². The van der Waals surface area contributed by atoms with Crippen molar-refractivity contribution >= 4 is 16.7 Å². The lowest BCUT2D eigenvalue weighted by atomic mass is 9.94. The number of carbonyl (C=O) groups is 1. The molecule has 0 aliphatic carbocycles. The first-order chi connectivity index (χ1) is 8.56. The maximum atomic E-state index is 14.2. The first kappa shape index (κ1) is 12.6. The second kappa shape index (κ2) is 4.78. The molecular weight excluding hydrogens is 238 g/mol. The Bertz CT molecular complexity index is 613. The minimum absolute atomic E-state index is 0.200. The molecule has 0 spiro atoms. The fourth-order valence-electron chi connectivity index (χ4n) is 1.90. The molecule has 2 rings (SSSR count). The van der Waals surface area contributed by atoms with Crippen LogP contribution in [0.1, 0.15) is 18.4 Å². The van der Waals surface area contributed by atoms with Crippen LogP contribution >= 0.6 is 0 Å². The van der Waals surface area contributed by atoms with E-state index < -0.39 is 23.3 Å². The van der Waals surface area contributed by atoms with Crippen molar-refractivity contribution in [2.24, 2.45) is 5.73 Å². The zero-order chi connectivity index (χ0) is 13.3. The number of Topliss-reactive ketones (excluding diaryl/α,β-unsaturated/α-hetero) is 1. The monoisotopic (exact) mass is 250 g/mol. The number of nitrogens with zero attached hydrogens (tertiary/aromatic N) is 1. The molecule has 0 saturated carbocycles. The molecule has 1 heterocycles. The lowest BCUT2D eigenvalue weighted by Gasteiger charge is -2.13. The van der Waals surface area contributed by atoms with Gasteiger partial charge in [0, 0.05) is 29.1 Å². The summed E-state index contributed by atoms with van der Waals surface area (Å²) in [6, 6.07) is 4.19. The van der Waals surface area contributed by atoms with Crippen LogP contribution in [0.3, 0.4) is 0 Å². The molecule has 3 nitrogen and oxygen atoms in total. The minimum Gasteiger partial charge on any atom is -0.324 e. The Morgan fingerprint density at radius 2 is 2.22 bits per heavy atom. The molecule has 94 valence electrons. The van der Waals surface area contributed by atoms with E-state index in [4.69, 9.17) is 5.73 Å². The molecule has 0 amide bonds. The van der Waals surface area contributed by atoms with Crippen molar-refractivity contribution in [3.63, 3.8) is 0 Å². The van der Waals surface area contributed by atoms with Crippen LogP contribution in [0.15, 0.2) is 24.4 Å². The van der Waals surface area contributed by atoms with Crippen LogP contribution in [0.4, 0.5) is 8.78 Å². The summed E-state index contributed by atoms with van der Waals surface area (Å²) in [7, 11) is 0. The number of aromatic nitrogens is 1. The van der Waals surface area contributed by atoms with Crippen molar-refractivity contribution in [2.75, 3.05) is 6.54 Å². The highest BCUT2D eigenvalue weighted by Gasteiger charge is 2.23. The summed E-state index contributed by atoms with van der Waals surface area (Å²) >= 11 is 0. The van der Waals surface area contributed by atoms with Gasteiger partial charge in [-0.1, -0.05) is 6.92 Å². The summed E-state index contributed by atoms with van der Waals surface area (Å²) < 4.78 is 28.1. The number of carbonyl (C=O) groups excluding carboxylic acids is 1. The highest BCUT2D eigenvalue weighted by atomic mass is 19.1. The number of rotatable bonds is 3. The number of benzene rings is 1. The minimum atomic E-state index is -0.903. The van der Waals surface area contributed by atoms with Gasteiger partial charge in [-0.2, -0.15) is 0 Å². The fraction of sp³-hybridized carbons (Fsp3) is 0.231. The summed E-state index contributed by atoms with van der Waals surface area (Å²) in [5.74, 6) is -2.82. The number of nitrogens with two attached hydrogens (primary N) is 1. The summed E-state index contributed by atoms with van der Waals surface area (Å²) in [4.78, 5) is 15.4. The molecule has 0 bridgehead atoms. The maximum Gasteiger partial charge on any atom is 0.153 e. The third kappa shape index (κ3) is 1.97. The number of ketones is 1. The van der Waals surface area contributed by atoms with E-state index in [2.05, 4.69) is 4.98 Å². The van der Waals surface area contributed by atoms with Crippen molar-refractivity contribution in [3.05, 3.63) is 41.6 Å². The Balaban J connectivity index is 2.67. The van der Waals surface area contributed by atoms with Crippen molar-refractivity contribution in [2.45, 2.75) is 12.8 Å².